The zero-order valence-electron chi connectivity index (χ0n) is 10.9. The lowest BCUT2D eigenvalue weighted by Gasteiger charge is -2.11. The first kappa shape index (κ1) is 15.4. The molecule has 6 nitrogen and oxygen atoms in total. The average molecular weight is 285 g/mol. The van der Waals surface area contributed by atoms with Crippen LogP contribution < -0.4 is 10.6 Å². The second kappa shape index (κ2) is 7.68. The monoisotopic (exact) mass is 284 g/mol. The van der Waals surface area contributed by atoms with Crippen molar-refractivity contribution in [3.8, 4) is 0 Å². The first-order chi connectivity index (χ1) is 9.02. The summed E-state index contributed by atoms with van der Waals surface area (Å²) in [5.41, 5.74) is 0.134. The predicted molar refractivity (Wildman–Crippen MR) is 71.9 cm³/mol. The van der Waals surface area contributed by atoms with Gasteiger partial charge in [-0.3, -0.25) is 14.6 Å². The van der Waals surface area contributed by atoms with E-state index >= 15 is 0 Å². The Labute approximate surface area is 117 Å². The quantitative estimate of drug-likeness (QED) is 0.821. The van der Waals surface area contributed by atoms with Crippen molar-refractivity contribution in [3.63, 3.8) is 0 Å². The minimum absolute atomic E-state index is 0.0909. The van der Waals surface area contributed by atoms with Gasteiger partial charge in [0.1, 0.15) is 10.8 Å². The fraction of sp³-hybridized carbons (Fsp3) is 0.500. The zero-order chi connectivity index (χ0) is 14.3. The van der Waals surface area contributed by atoms with Gasteiger partial charge in [-0.2, -0.15) is 0 Å². The molecule has 0 aliphatic carbocycles. The lowest BCUT2D eigenvalue weighted by Crippen LogP contribution is -2.35. The van der Waals surface area contributed by atoms with Crippen molar-refractivity contribution in [2.24, 2.45) is 0 Å². The van der Waals surface area contributed by atoms with Crippen LogP contribution in [0.15, 0.2) is 12.4 Å². The molecular weight excluding hydrogens is 268 g/mol. The summed E-state index contributed by atoms with van der Waals surface area (Å²) in [5.74, 6) is -0.488. The van der Waals surface area contributed by atoms with Crippen LogP contribution in [-0.4, -0.2) is 34.4 Å². The molecule has 1 atom stereocenters. The van der Waals surface area contributed by atoms with Gasteiger partial charge >= 0.3 is 0 Å². The number of hydrogen-bond donors (Lipinski definition) is 2. The van der Waals surface area contributed by atoms with E-state index in [-0.39, 0.29) is 35.8 Å². The van der Waals surface area contributed by atoms with Crippen LogP contribution in [-0.2, 0) is 4.79 Å². The summed E-state index contributed by atoms with van der Waals surface area (Å²) in [5, 5.41) is 5.56. The molecule has 0 fully saturated rings. The van der Waals surface area contributed by atoms with Crippen molar-refractivity contribution < 1.29 is 9.59 Å². The normalized spacial score (nSPS) is 11.7. The molecule has 0 aromatic carbocycles. The number of nitrogens with zero attached hydrogens (tertiary/aromatic N) is 2. The molecule has 0 saturated carbocycles. The smallest absolute Gasteiger partial charge is 0.271 e. The van der Waals surface area contributed by atoms with E-state index in [1.807, 2.05) is 13.8 Å². The van der Waals surface area contributed by atoms with E-state index in [9.17, 15) is 9.59 Å². The van der Waals surface area contributed by atoms with Crippen molar-refractivity contribution in [3.05, 3.63) is 23.2 Å². The van der Waals surface area contributed by atoms with E-state index in [4.69, 9.17) is 11.6 Å². The summed E-state index contributed by atoms with van der Waals surface area (Å²) < 4.78 is 0. The summed E-state index contributed by atoms with van der Waals surface area (Å²) in [6, 6.07) is 0.141. The molecule has 19 heavy (non-hydrogen) atoms. The van der Waals surface area contributed by atoms with Crippen LogP contribution >= 0.6 is 11.6 Å². The molecule has 1 unspecified atom stereocenters. The highest BCUT2D eigenvalue weighted by atomic mass is 35.5. The predicted octanol–water partition coefficient (Wildman–Crippen LogP) is 1.16. The van der Waals surface area contributed by atoms with Gasteiger partial charge in [-0.15, -0.1) is 0 Å². The molecule has 0 saturated heterocycles. The Bertz CT molecular complexity index is 453. The summed E-state index contributed by atoms with van der Waals surface area (Å²) in [4.78, 5) is 30.7. The second-order valence-corrected chi connectivity index (χ2v) is 4.50. The Morgan fingerprint density at radius 1 is 1.42 bits per heavy atom. The van der Waals surface area contributed by atoms with Crippen LogP contribution in [0.5, 0.6) is 0 Å². The van der Waals surface area contributed by atoms with Gasteiger partial charge < -0.3 is 10.6 Å². The second-order valence-electron chi connectivity index (χ2n) is 4.11. The van der Waals surface area contributed by atoms with E-state index in [0.29, 0.717) is 0 Å². The molecule has 0 aliphatic heterocycles. The molecule has 7 heteroatoms. The number of nitrogens with one attached hydrogen (secondary N) is 2. The van der Waals surface area contributed by atoms with Crippen LogP contribution in [0.25, 0.3) is 0 Å². The van der Waals surface area contributed by atoms with Crippen molar-refractivity contribution in [1.29, 1.82) is 0 Å². The van der Waals surface area contributed by atoms with E-state index in [0.717, 1.165) is 6.42 Å². The maximum atomic E-state index is 11.7. The Morgan fingerprint density at radius 3 is 2.79 bits per heavy atom. The molecule has 1 rings (SSSR count). The molecule has 2 N–H and O–H groups in total. The number of amides is 2. The molecular formula is C12H17ClN4O2. The molecule has 1 aromatic rings. The largest absolute Gasteiger partial charge is 0.354 e. The molecule has 1 aromatic heterocycles. The van der Waals surface area contributed by atoms with E-state index in [1.165, 1.54) is 12.4 Å². The molecule has 0 radical (unpaired) electrons. The lowest BCUT2D eigenvalue weighted by atomic mass is 10.2. The van der Waals surface area contributed by atoms with E-state index in [1.54, 1.807) is 0 Å². The number of rotatable bonds is 6. The Kier molecular flexibility index (Phi) is 6.21. The van der Waals surface area contributed by atoms with Crippen LogP contribution in [0.1, 0.15) is 37.2 Å². The fourth-order valence-corrected chi connectivity index (χ4v) is 1.43. The van der Waals surface area contributed by atoms with Crippen LogP contribution in [0, 0.1) is 0 Å². The molecule has 0 aliphatic rings. The van der Waals surface area contributed by atoms with Gasteiger partial charge in [0.15, 0.2) is 0 Å². The minimum Gasteiger partial charge on any atom is -0.354 e. The Morgan fingerprint density at radius 2 is 2.16 bits per heavy atom. The molecule has 0 bridgehead atoms. The summed E-state index contributed by atoms with van der Waals surface area (Å²) in [6.07, 6.45) is 3.76. The highest BCUT2D eigenvalue weighted by molar-refractivity contribution is 6.29. The Hall–Kier alpha value is -1.69. The third-order valence-corrected chi connectivity index (χ3v) is 2.68. The third-order valence-electron chi connectivity index (χ3n) is 2.50. The zero-order valence-corrected chi connectivity index (χ0v) is 11.7. The number of halogens is 1. The topological polar surface area (TPSA) is 84.0 Å². The van der Waals surface area contributed by atoms with E-state index in [2.05, 4.69) is 20.6 Å². The highest BCUT2D eigenvalue weighted by Crippen LogP contribution is 2.02. The average Bonchev–Trinajstić information content (AvgIpc) is 2.38. The van der Waals surface area contributed by atoms with Gasteiger partial charge in [0.2, 0.25) is 5.91 Å². The molecule has 2 amide bonds. The minimum atomic E-state index is -0.397. The third kappa shape index (κ3) is 5.65. The molecule has 104 valence electrons. The van der Waals surface area contributed by atoms with Crippen LogP contribution in [0.3, 0.4) is 0 Å². The summed E-state index contributed by atoms with van der Waals surface area (Å²) >= 11 is 5.63. The van der Waals surface area contributed by atoms with Crippen LogP contribution in [0.4, 0.5) is 0 Å². The summed E-state index contributed by atoms with van der Waals surface area (Å²) in [7, 11) is 0. The maximum Gasteiger partial charge on any atom is 0.271 e. The fourth-order valence-electron chi connectivity index (χ4n) is 1.28. The SMILES string of the molecule is CCC(C)NC(=O)CCNC(=O)c1cncc(Cl)n1. The van der Waals surface area contributed by atoms with Gasteiger partial charge in [0, 0.05) is 19.0 Å². The molecule has 0 spiro atoms. The van der Waals surface area contributed by atoms with E-state index < -0.39 is 5.91 Å². The maximum absolute atomic E-state index is 11.7. The van der Waals surface area contributed by atoms with Crippen LogP contribution in [0.2, 0.25) is 5.15 Å². The first-order valence-electron chi connectivity index (χ1n) is 6.08. The number of aromatic nitrogens is 2. The number of carbonyl (C=O) groups is 2. The van der Waals surface area contributed by atoms with Gasteiger partial charge in [-0.1, -0.05) is 18.5 Å². The lowest BCUT2D eigenvalue weighted by molar-refractivity contribution is -0.121. The summed E-state index contributed by atoms with van der Waals surface area (Å²) in [6.45, 7) is 4.16. The Balaban J connectivity index is 2.33. The molecule has 1 heterocycles. The number of hydrogen-bond acceptors (Lipinski definition) is 4. The highest BCUT2D eigenvalue weighted by Gasteiger charge is 2.09. The van der Waals surface area contributed by atoms with Crippen molar-refractivity contribution >= 4 is 23.4 Å². The van der Waals surface area contributed by atoms with Crippen molar-refractivity contribution in [1.82, 2.24) is 20.6 Å². The van der Waals surface area contributed by atoms with Gasteiger partial charge in [0.25, 0.3) is 5.91 Å². The van der Waals surface area contributed by atoms with Gasteiger partial charge in [-0.05, 0) is 13.3 Å². The van der Waals surface area contributed by atoms with Crippen molar-refractivity contribution in [2.75, 3.05) is 6.54 Å². The van der Waals surface area contributed by atoms with Gasteiger partial charge in [-0.25, -0.2) is 4.98 Å². The standard InChI is InChI=1S/C12H17ClN4O2/c1-3-8(2)16-11(18)4-5-15-12(19)9-6-14-7-10(13)17-9/h6-8H,3-5H2,1-2H3,(H,15,19)(H,16,18). The number of carbonyl (C=O) groups excluding carboxylic acids is 2. The van der Waals surface area contributed by atoms with Crippen molar-refractivity contribution in [2.45, 2.75) is 32.7 Å². The van der Waals surface area contributed by atoms with Gasteiger partial charge in [0.05, 0.1) is 12.4 Å². The first-order valence-corrected chi connectivity index (χ1v) is 6.45.